The van der Waals surface area contributed by atoms with Gasteiger partial charge < -0.3 is 5.32 Å². The number of halogens is 1. The smallest absolute Gasteiger partial charge is 0.141 e. The van der Waals surface area contributed by atoms with E-state index in [0.717, 1.165) is 24.5 Å². The zero-order valence-corrected chi connectivity index (χ0v) is 11.9. The Morgan fingerprint density at radius 3 is 2.76 bits per heavy atom. The summed E-state index contributed by atoms with van der Waals surface area (Å²) in [6, 6.07) is 5.54. The molecule has 0 saturated heterocycles. The lowest BCUT2D eigenvalue weighted by Crippen LogP contribution is -2.25. The Balaban J connectivity index is 1.68. The Morgan fingerprint density at radius 1 is 1.14 bits per heavy atom. The SMILES string of the molecule is Fc1ccc(C2CCNc3cc(C4CCCC4)nn32)nc1. The first-order chi connectivity index (χ1) is 10.3. The number of hydrogen-bond acceptors (Lipinski definition) is 3. The lowest BCUT2D eigenvalue weighted by Gasteiger charge is -2.25. The van der Waals surface area contributed by atoms with Crippen LogP contribution in [0.2, 0.25) is 0 Å². The van der Waals surface area contributed by atoms with Gasteiger partial charge in [-0.2, -0.15) is 5.10 Å². The molecule has 1 atom stereocenters. The van der Waals surface area contributed by atoms with Crippen LogP contribution in [-0.2, 0) is 0 Å². The monoisotopic (exact) mass is 286 g/mol. The average molecular weight is 286 g/mol. The molecule has 1 saturated carbocycles. The minimum absolute atomic E-state index is 0.108. The summed E-state index contributed by atoms with van der Waals surface area (Å²) in [6.45, 7) is 0.902. The molecular weight excluding hydrogens is 267 g/mol. The first-order valence-electron chi connectivity index (χ1n) is 7.76. The van der Waals surface area contributed by atoms with Crippen molar-refractivity contribution >= 4 is 5.82 Å². The van der Waals surface area contributed by atoms with Crippen molar-refractivity contribution in [3.8, 4) is 0 Å². The van der Waals surface area contributed by atoms with Crippen LogP contribution in [0.1, 0.15) is 55.5 Å². The quantitative estimate of drug-likeness (QED) is 0.919. The van der Waals surface area contributed by atoms with Crippen molar-refractivity contribution in [3.63, 3.8) is 0 Å². The van der Waals surface area contributed by atoms with Crippen LogP contribution < -0.4 is 5.32 Å². The minimum atomic E-state index is -0.292. The fourth-order valence-corrected chi connectivity index (χ4v) is 3.52. The molecule has 2 aromatic rings. The molecule has 4 nitrogen and oxygen atoms in total. The lowest BCUT2D eigenvalue weighted by atomic mass is 10.0. The summed E-state index contributed by atoms with van der Waals surface area (Å²) in [6.07, 6.45) is 7.33. The number of anilines is 1. The van der Waals surface area contributed by atoms with Crippen LogP contribution in [0.15, 0.2) is 24.4 Å². The third kappa shape index (κ3) is 2.30. The lowest BCUT2D eigenvalue weighted by molar-refractivity contribution is 0.462. The van der Waals surface area contributed by atoms with E-state index >= 15 is 0 Å². The summed E-state index contributed by atoms with van der Waals surface area (Å²) < 4.78 is 15.1. The molecular formula is C16H19FN4. The summed E-state index contributed by atoms with van der Waals surface area (Å²) in [5, 5.41) is 8.25. The maximum atomic E-state index is 13.1. The number of nitrogens with one attached hydrogen (secondary N) is 1. The van der Waals surface area contributed by atoms with E-state index in [0.29, 0.717) is 5.92 Å². The van der Waals surface area contributed by atoms with Gasteiger partial charge in [0.15, 0.2) is 0 Å². The van der Waals surface area contributed by atoms with Crippen LogP contribution in [0.3, 0.4) is 0 Å². The fraction of sp³-hybridized carbons (Fsp3) is 0.500. The van der Waals surface area contributed by atoms with Crippen molar-refractivity contribution in [2.24, 2.45) is 0 Å². The Morgan fingerprint density at radius 2 is 2.00 bits per heavy atom. The van der Waals surface area contributed by atoms with Crippen molar-refractivity contribution in [1.29, 1.82) is 0 Å². The van der Waals surface area contributed by atoms with Crippen molar-refractivity contribution in [3.05, 3.63) is 41.6 Å². The molecule has 2 aromatic heterocycles. The molecule has 1 N–H and O–H groups in total. The number of pyridine rings is 1. The minimum Gasteiger partial charge on any atom is -0.370 e. The predicted octanol–water partition coefficient (Wildman–Crippen LogP) is 3.48. The molecule has 3 heterocycles. The van der Waals surface area contributed by atoms with Crippen LogP contribution in [0.4, 0.5) is 10.2 Å². The van der Waals surface area contributed by atoms with Crippen molar-refractivity contribution < 1.29 is 4.39 Å². The molecule has 0 aromatic carbocycles. The molecule has 1 aliphatic carbocycles. The third-order valence-corrected chi connectivity index (χ3v) is 4.64. The van der Waals surface area contributed by atoms with E-state index in [2.05, 4.69) is 16.4 Å². The van der Waals surface area contributed by atoms with E-state index in [9.17, 15) is 4.39 Å². The van der Waals surface area contributed by atoms with E-state index in [-0.39, 0.29) is 11.9 Å². The third-order valence-electron chi connectivity index (χ3n) is 4.64. The van der Waals surface area contributed by atoms with Crippen LogP contribution in [-0.4, -0.2) is 21.3 Å². The maximum Gasteiger partial charge on any atom is 0.141 e. The standard InChI is InChI=1S/C16H19FN4/c17-12-5-6-13(19-10-12)15-7-8-18-16-9-14(20-21(15)16)11-3-1-2-4-11/h5-6,9-11,15,18H,1-4,7-8H2. The Bertz CT molecular complexity index is 628. The number of aromatic nitrogens is 3. The Labute approximate surface area is 123 Å². The van der Waals surface area contributed by atoms with Crippen molar-refractivity contribution in [2.45, 2.75) is 44.1 Å². The highest BCUT2D eigenvalue weighted by atomic mass is 19.1. The number of rotatable bonds is 2. The molecule has 110 valence electrons. The van der Waals surface area contributed by atoms with Crippen LogP contribution in [0.5, 0.6) is 0 Å². The summed E-state index contributed by atoms with van der Waals surface area (Å²) in [7, 11) is 0. The second-order valence-corrected chi connectivity index (χ2v) is 6.01. The second kappa shape index (κ2) is 5.13. The van der Waals surface area contributed by atoms with E-state index in [1.54, 1.807) is 6.07 Å². The first-order valence-corrected chi connectivity index (χ1v) is 7.76. The summed E-state index contributed by atoms with van der Waals surface area (Å²) in [5.74, 6) is 1.38. The van der Waals surface area contributed by atoms with Gasteiger partial charge in [0.1, 0.15) is 11.6 Å². The molecule has 0 bridgehead atoms. The average Bonchev–Trinajstić information content (AvgIpc) is 3.16. The van der Waals surface area contributed by atoms with E-state index in [4.69, 9.17) is 5.10 Å². The molecule has 5 heteroatoms. The molecule has 1 aliphatic heterocycles. The first kappa shape index (κ1) is 12.8. The summed E-state index contributed by atoms with van der Waals surface area (Å²) >= 11 is 0. The number of fused-ring (bicyclic) bond motifs is 1. The highest BCUT2D eigenvalue weighted by Gasteiger charge is 2.27. The number of nitrogens with zero attached hydrogens (tertiary/aromatic N) is 3. The van der Waals surface area contributed by atoms with Gasteiger partial charge in [-0.05, 0) is 31.4 Å². The van der Waals surface area contributed by atoms with Gasteiger partial charge in [0.2, 0.25) is 0 Å². The van der Waals surface area contributed by atoms with Gasteiger partial charge in [0.25, 0.3) is 0 Å². The van der Waals surface area contributed by atoms with Gasteiger partial charge in [-0.1, -0.05) is 12.8 Å². The van der Waals surface area contributed by atoms with Gasteiger partial charge >= 0.3 is 0 Å². The summed E-state index contributed by atoms with van der Waals surface area (Å²) in [4.78, 5) is 4.24. The van der Waals surface area contributed by atoms with Crippen LogP contribution >= 0.6 is 0 Å². The van der Waals surface area contributed by atoms with E-state index in [1.165, 1.54) is 43.6 Å². The second-order valence-electron chi connectivity index (χ2n) is 6.01. The number of hydrogen-bond donors (Lipinski definition) is 1. The van der Waals surface area contributed by atoms with Gasteiger partial charge in [0, 0.05) is 18.5 Å². The van der Waals surface area contributed by atoms with Gasteiger partial charge in [-0.25, -0.2) is 9.07 Å². The topological polar surface area (TPSA) is 42.7 Å². The molecule has 4 rings (SSSR count). The molecule has 0 amide bonds. The highest BCUT2D eigenvalue weighted by Crippen LogP contribution is 2.37. The molecule has 21 heavy (non-hydrogen) atoms. The Kier molecular flexibility index (Phi) is 3.13. The molecule has 0 spiro atoms. The van der Waals surface area contributed by atoms with Gasteiger partial charge in [-0.15, -0.1) is 0 Å². The van der Waals surface area contributed by atoms with Crippen molar-refractivity contribution in [2.75, 3.05) is 11.9 Å². The maximum absolute atomic E-state index is 13.1. The normalized spacial score (nSPS) is 22.0. The van der Waals surface area contributed by atoms with E-state index < -0.39 is 0 Å². The van der Waals surface area contributed by atoms with Crippen molar-refractivity contribution in [1.82, 2.24) is 14.8 Å². The molecule has 0 radical (unpaired) electrons. The highest BCUT2D eigenvalue weighted by molar-refractivity contribution is 5.41. The van der Waals surface area contributed by atoms with Crippen LogP contribution in [0.25, 0.3) is 0 Å². The summed E-state index contributed by atoms with van der Waals surface area (Å²) in [5.41, 5.74) is 2.09. The zero-order chi connectivity index (χ0) is 14.2. The van der Waals surface area contributed by atoms with E-state index in [1.807, 2.05) is 4.68 Å². The Hall–Kier alpha value is -1.91. The molecule has 2 aliphatic rings. The largest absolute Gasteiger partial charge is 0.370 e. The zero-order valence-electron chi connectivity index (χ0n) is 11.9. The molecule has 1 unspecified atom stereocenters. The van der Waals surface area contributed by atoms with Crippen LogP contribution in [0, 0.1) is 5.82 Å². The predicted molar refractivity (Wildman–Crippen MR) is 78.9 cm³/mol. The fourth-order valence-electron chi connectivity index (χ4n) is 3.52. The molecule has 1 fully saturated rings. The van der Waals surface area contributed by atoms with Gasteiger partial charge in [0.05, 0.1) is 23.6 Å². The van der Waals surface area contributed by atoms with Gasteiger partial charge in [-0.3, -0.25) is 4.98 Å².